The van der Waals surface area contributed by atoms with Crippen molar-refractivity contribution in [3.8, 4) is 0 Å². The Morgan fingerprint density at radius 3 is 2.62 bits per heavy atom. The van der Waals surface area contributed by atoms with Crippen molar-refractivity contribution in [3.05, 3.63) is 60.2 Å². The molecule has 2 aromatic carbocycles. The molecule has 26 heavy (non-hydrogen) atoms. The highest BCUT2D eigenvalue weighted by Crippen LogP contribution is 2.36. The van der Waals surface area contributed by atoms with Crippen LogP contribution in [0.5, 0.6) is 0 Å². The van der Waals surface area contributed by atoms with E-state index in [0.717, 1.165) is 16.2 Å². The Bertz CT molecular complexity index is 852. The van der Waals surface area contributed by atoms with Crippen LogP contribution in [0.2, 0.25) is 0 Å². The summed E-state index contributed by atoms with van der Waals surface area (Å²) in [5, 5.41) is 3.71. The van der Waals surface area contributed by atoms with E-state index < -0.39 is 5.25 Å². The van der Waals surface area contributed by atoms with Crippen LogP contribution in [0, 0.1) is 0 Å². The Kier molecular flexibility index (Phi) is 6.54. The Balaban J connectivity index is 1.79. The van der Waals surface area contributed by atoms with Crippen LogP contribution in [0.1, 0.15) is 17.7 Å². The van der Waals surface area contributed by atoms with Crippen LogP contribution in [0.4, 0.5) is 10.8 Å². The fourth-order valence-electron chi connectivity index (χ4n) is 2.20. The van der Waals surface area contributed by atoms with E-state index in [0.29, 0.717) is 16.0 Å². The van der Waals surface area contributed by atoms with Crippen LogP contribution in [0.15, 0.2) is 64.6 Å². The molecule has 0 aliphatic rings. The van der Waals surface area contributed by atoms with Crippen LogP contribution in [-0.4, -0.2) is 21.0 Å². The maximum absolute atomic E-state index is 12.9. The molecule has 0 bridgehead atoms. The van der Waals surface area contributed by atoms with Gasteiger partial charge < -0.3 is 5.73 Å². The van der Waals surface area contributed by atoms with Crippen LogP contribution in [-0.2, 0) is 4.79 Å². The SMILES string of the molecule is CCSc1nsc(NC(=O)C(Sc2ccc(N)cc2)c2ccccc2)n1. The number of amides is 1. The maximum Gasteiger partial charge on any atom is 0.244 e. The van der Waals surface area contributed by atoms with E-state index in [1.165, 1.54) is 23.3 Å². The van der Waals surface area contributed by atoms with Gasteiger partial charge in [-0.25, -0.2) is 0 Å². The van der Waals surface area contributed by atoms with Gasteiger partial charge in [-0.2, -0.15) is 9.36 Å². The number of benzene rings is 2. The van der Waals surface area contributed by atoms with Crippen LogP contribution in [0.3, 0.4) is 0 Å². The van der Waals surface area contributed by atoms with Gasteiger partial charge in [0.1, 0.15) is 5.25 Å². The monoisotopic (exact) mass is 402 g/mol. The zero-order valence-corrected chi connectivity index (χ0v) is 16.5. The standard InChI is InChI=1S/C18H18N4OS3/c1-2-24-18-21-17(26-22-18)20-16(23)15(12-6-4-3-5-7-12)25-14-10-8-13(19)9-11-14/h3-11,15H,2,19H2,1H3,(H,20,21,22,23). The normalized spacial score (nSPS) is 11.9. The second kappa shape index (κ2) is 9.07. The van der Waals surface area contributed by atoms with Crippen molar-refractivity contribution in [1.82, 2.24) is 9.36 Å². The molecule has 1 unspecified atom stereocenters. The van der Waals surface area contributed by atoms with Crippen molar-refractivity contribution in [2.24, 2.45) is 0 Å². The summed E-state index contributed by atoms with van der Waals surface area (Å²) in [7, 11) is 0. The number of anilines is 2. The molecule has 5 nitrogen and oxygen atoms in total. The summed E-state index contributed by atoms with van der Waals surface area (Å²) >= 11 is 4.23. The summed E-state index contributed by atoms with van der Waals surface area (Å²) in [6, 6.07) is 17.2. The van der Waals surface area contributed by atoms with Crippen LogP contribution in [0.25, 0.3) is 0 Å². The number of nitrogens with one attached hydrogen (secondary N) is 1. The van der Waals surface area contributed by atoms with Gasteiger partial charge in [0.05, 0.1) is 0 Å². The van der Waals surface area contributed by atoms with E-state index in [4.69, 9.17) is 5.73 Å². The Morgan fingerprint density at radius 1 is 1.19 bits per heavy atom. The van der Waals surface area contributed by atoms with Gasteiger partial charge in [-0.15, -0.1) is 11.8 Å². The first-order chi connectivity index (χ1) is 12.7. The molecule has 3 rings (SSSR count). The second-order valence-electron chi connectivity index (χ2n) is 5.28. The third kappa shape index (κ3) is 5.00. The number of aromatic nitrogens is 2. The van der Waals surface area contributed by atoms with Gasteiger partial charge >= 0.3 is 0 Å². The number of carbonyl (C=O) groups is 1. The first-order valence-corrected chi connectivity index (χ1v) is 10.6. The summed E-state index contributed by atoms with van der Waals surface area (Å²) < 4.78 is 4.24. The minimum Gasteiger partial charge on any atom is -0.399 e. The van der Waals surface area contributed by atoms with Gasteiger partial charge in [0.15, 0.2) is 0 Å². The minimum atomic E-state index is -0.397. The summed E-state index contributed by atoms with van der Waals surface area (Å²) in [6.07, 6.45) is 0. The van der Waals surface area contributed by atoms with E-state index >= 15 is 0 Å². The quantitative estimate of drug-likeness (QED) is 0.440. The number of carbonyl (C=O) groups excluding carboxylic acids is 1. The third-order valence-electron chi connectivity index (χ3n) is 3.39. The van der Waals surface area contributed by atoms with Crippen molar-refractivity contribution >= 4 is 51.8 Å². The molecule has 0 radical (unpaired) electrons. The molecule has 3 aromatic rings. The van der Waals surface area contributed by atoms with Gasteiger partial charge in [0.25, 0.3) is 0 Å². The number of rotatable bonds is 7. The molecule has 8 heteroatoms. The Labute approximate surface area is 165 Å². The van der Waals surface area contributed by atoms with E-state index in [9.17, 15) is 4.79 Å². The number of nitrogen functional groups attached to an aromatic ring is 1. The number of hydrogen-bond acceptors (Lipinski definition) is 7. The lowest BCUT2D eigenvalue weighted by Gasteiger charge is -2.16. The van der Waals surface area contributed by atoms with Gasteiger partial charge in [-0.3, -0.25) is 10.1 Å². The lowest BCUT2D eigenvalue weighted by Crippen LogP contribution is -2.18. The maximum atomic E-state index is 12.9. The lowest BCUT2D eigenvalue weighted by atomic mass is 10.1. The number of thioether (sulfide) groups is 2. The fourth-order valence-corrected chi connectivity index (χ4v) is 4.50. The fraction of sp³-hybridized carbons (Fsp3) is 0.167. The van der Waals surface area contributed by atoms with Gasteiger partial charge in [0.2, 0.25) is 16.2 Å². The topological polar surface area (TPSA) is 80.9 Å². The molecule has 134 valence electrons. The molecule has 0 aliphatic heterocycles. The first kappa shape index (κ1) is 18.8. The molecule has 0 aliphatic carbocycles. The number of nitrogens with zero attached hydrogens (tertiary/aromatic N) is 2. The van der Waals surface area contributed by atoms with E-state index in [2.05, 4.69) is 14.7 Å². The minimum absolute atomic E-state index is 0.123. The molecular weight excluding hydrogens is 384 g/mol. The number of hydrogen-bond donors (Lipinski definition) is 2. The molecule has 0 spiro atoms. The smallest absolute Gasteiger partial charge is 0.244 e. The lowest BCUT2D eigenvalue weighted by molar-refractivity contribution is -0.115. The van der Waals surface area contributed by atoms with Crippen LogP contribution >= 0.6 is 35.1 Å². The second-order valence-corrected chi connectivity index (χ2v) is 8.44. The number of nitrogens with two attached hydrogens (primary N) is 1. The van der Waals surface area contributed by atoms with E-state index in [1.807, 2.05) is 61.5 Å². The molecule has 3 N–H and O–H groups in total. The average Bonchev–Trinajstić information content (AvgIpc) is 3.09. The molecule has 1 amide bonds. The highest BCUT2D eigenvalue weighted by molar-refractivity contribution is 8.00. The Hall–Kier alpha value is -2.03. The highest BCUT2D eigenvalue weighted by Gasteiger charge is 2.23. The molecule has 0 fully saturated rings. The third-order valence-corrected chi connectivity index (χ3v) is 6.13. The van der Waals surface area contributed by atoms with Gasteiger partial charge in [-0.1, -0.05) is 49.0 Å². The Morgan fingerprint density at radius 2 is 1.92 bits per heavy atom. The van der Waals surface area contributed by atoms with Crippen molar-refractivity contribution < 1.29 is 4.79 Å². The summed E-state index contributed by atoms with van der Waals surface area (Å²) in [4.78, 5) is 18.2. The largest absolute Gasteiger partial charge is 0.399 e. The zero-order chi connectivity index (χ0) is 18.4. The van der Waals surface area contributed by atoms with Gasteiger partial charge in [-0.05, 0) is 35.6 Å². The highest BCUT2D eigenvalue weighted by atomic mass is 32.2. The predicted molar refractivity (Wildman–Crippen MR) is 111 cm³/mol. The van der Waals surface area contributed by atoms with Crippen molar-refractivity contribution in [2.75, 3.05) is 16.8 Å². The van der Waals surface area contributed by atoms with Crippen molar-refractivity contribution in [3.63, 3.8) is 0 Å². The first-order valence-electron chi connectivity index (χ1n) is 8.00. The molecular formula is C18H18N4OS3. The van der Waals surface area contributed by atoms with Crippen molar-refractivity contribution in [1.29, 1.82) is 0 Å². The molecule has 0 saturated carbocycles. The predicted octanol–water partition coefficient (Wildman–Crippen LogP) is 4.70. The molecule has 1 heterocycles. The molecule has 1 aromatic heterocycles. The van der Waals surface area contributed by atoms with Gasteiger partial charge in [0, 0.05) is 22.1 Å². The molecule has 0 saturated heterocycles. The summed E-state index contributed by atoms with van der Waals surface area (Å²) in [5.74, 6) is 0.770. The zero-order valence-electron chi connectivity index (χ0n) is 14.1. The van der Waals surface area contributed by atoms with E-state index in [1.54, 1.807) is 11.8 Å². The van der Waals surface area contributed by atoms with E-state index in [-0.39, 0.29) is 5.91 Å². The summed E-state index contributed by atoms with van der Waals surface area (Å²) in [6.45, 7) is 2.04. The summed E-state index contributed by atoms with van der Waals surface area (Å²) in [5.41, 5.74) is 7.38. The van der Waals surface area contributed by atoms with Crippen molar-refractivity contribution in [2.45, 2.75) is 22.2 Å². The average molecular weight is 403 g/mol. The van der Waals surface area contributed by atoms with Crippen LogP contribution < -0.4 is 11.1 Å². The molecule has 1 atom stereocenters.